The van der Waals surface area contributed by atoms with Crippen molar-refractivity contribution in [1.29, 1.82) is 0 Å². The van der Waals surface area contributed by atoms with Gasteiger partial charge < -0.3 is 15.2 Å². The molecule has 0 fully saturated rings. The van der Waals surface area contributed by atoms with E-state index in [0.29, 0.717) is 6.54 Å². The Bertz CT molecular complexity index is 566. The van der Waals surface area contributed by atoms with Crippen molar-refractivity contribution in [2.24, 2.45) is 0 Å². The minimum atomic E-state index is 0.278. The molecule has 0 saturated carbocycles. The summed E-state index contributed by atoms with van der Waals surface area (Å²) in [7, 11) is 0. The third-order valence-corrected chi connectivity index (χ3v) is 3.15. The van der Waals surface area contributed by atoms with Crippen LogP contribution in [0.5, 0.6) is 0 Å². The molecule has 114 valence electrons. The van der Waals surface area contributed by atoms with E-state index in [2.05, 4.69) is 46.5 Å². The molecule has 6 nitrogen and oxygen atoms in total. The van der Waals surface area contributed by atoms with Crippen LogP contribution in [0.4, 0.5) is 11.6 Å². The molecule has 2 heterocycles. The fraction of sp³-hybridized carbons (Fsp3) is 0.533. The van der Waals surface area contributed by atoms with Gasteiger partial charge in [0.05, 0.1) is 6.54 Å². The maximum atomic E-state index is 4.84. The number of nitrogens with zero attached hydrogens (tertiary/aromatic N) is 3. The van der Waals surface area contributed by atoms with Crippen molar-refractivity contribution in [3.8, 4) is 0 Å². The normalized spacial score (nSPS) is 10.9. The molecule has 0 aliphatic rings. The Hall–Kier alpha value is -2.11. The summed E-state index contributed by atoms with van der Waals surface area (Å²) in [5.74, 6) is 2.86. The first-order valence-electron chi connectivity index (χ1n) is 7.37. The van der Waals surface area contributed by atoms with E-state index in [1.807, 2.05) is 13.0 Å². The van der Waals surface area contributed by atoms with Gasteiger partial charge in [0.25, 0.3) is 0 Å². The third-order valence-electron chi connectivity index (χ3n) is 3.15. The highest BCUT2D eigenvalue weighted by molar-refractivity contribution is 5.57. The van der Waals surface area contributed by atoms with Gasteiger partial charge in [-0.3, -0.25) is 0 Å². The number of anilines is 2. The largest absolute Gasteiger partial charge is 0.370 e. The second-order valence-electron chi connectivity index (χ2n) is 5.33. The molecule has 2 aromatic heterocycles. The van der Waals surface area contributed by atoms with Crippen molar-refractivity contribution in [3.63, 3.8) is 0 Å². The molecule has 0 radical (unpaired) electrons. The van der Waals surface area contributed by atoms with E-state index in [4.69, 9.17) is 4.52 Å². The maximum Gasteiger partial charge on any atom is 0.135 e. The molecule has 2 rings (SSSR count). The molecule has 21 heavy (non-hydrogen) atoms. The first-order chi connectivity index (χ1) is 10.1. The minimum absolute atomic E-state index is 0.278. The lowest BCUT2D eigenvalue weighted by atomic mass is 10.2. The molecule has 0 spiro atoms. The van der Waals surface area contributed by atoms with Gasteiger partial charge in [-0.15, -0.1) is 0 Å². The molecule has 2 aromatic rings. The highest BCUT2D eigenvalue weighted by Crippen LogP contribution is 2.23. The monoisotopic (exact) mass is 289 g/mol. The first kappa shape index (κ1) is 15.3. The summed E-state index contributed by atoms with van der Waals surface area (Å²) in [6.07, 6.45) is 2.62. The lowest BCUT2D eigenvalue weighted by Gasteiger charge is -2.15. The minimum Gasteiger partial charge on any atom is -0.370 e. The van der Waals surface area contributed by atoms with Crippen molar-refractivity contribution in [2.75, 3.05) is 17.2 Å². The number of hydrogen-bond donors (Lipinski definition) is 2. The van der Waals surface area contributed by atoms with Crippen LogP contribution in [0.1, 0.15) is 50.2 Å². The predicted molar refractivity (Wildman–Crippen MR) is 83.5 cm³/mol. The van der Waals surface area contributed by atoms with Gasteiger partial charge in [-0.1, -0.05) is 25.9 Å². The Morgan fingerprint density at radius 1 is 1.19 bits per heavy atom. The topological polar surface area (TPSA) is 75.9 Å². The van der Waals surface area contributed by atoms with Crippen LogP contribution in [0.25, 0.3) is 0 Å². The molecule has 0 atom stereocenters. The molecule has 0 aliphatic carbocycles. The highest BCUT2D eigenvalue weighted by atomic mass is 16.5. The van der Waals surface area contributed by atoms with Crippen LogP contribution >= 0.6 is 0 Å². The van der Waals surface area contributed by atoms with Crippen molar-refractivity contribution < 1.29 is 4.52 Å². The SMILES string of the molecule is CCCNc1nc(C(C)C)nc(NCc2ccon2)c1C. The van der Waals surface area contributed by atoms with Gasteiger partial charge in [-0.25, -0.2) is 9.97 Å². The third kappa shape index (κ3) is 3.93. The molecule has 0 amide bonds. The van der Waals surface area contributed by atoms with Crippen molar-refractivity contribution in [1.82, 2.24) is 15.1 Å². The van der Waals surface area contributed by atoms with E-state index >= 15 is 0 Å². The van der Waals surface area contributed by atoms with Crippen LogP contribution in [0.15, 0.2) is 16.9 Å². The van der Waals surface area contributed by atoms with Gasteiger partial charge in [0, 0.05) is 24.1 Å². The standard InChI is InChI=1S/C15H23N5O/c1-5-7-16-14-11(4)15(19-13(18-14)10(2)3)17-9-12-6-8-21-20-12/h6,8,10H,5,7,9H2,1-4H3,(H2,16,17,18,19). The van der Waals surface area contributed by atoms with Crippen LogP contribution in [0.3, 0.4) is 0 Å². The summed E-state index contributed by atoms with van der Waals surface area (Å²) in [6, 6.07) is 1.84. The van der Waals surface area contributed by atoms with Crippen molar-refractivity contribution >= 4 is 11.6 Å². The van der Waals surface area contributed by atoms with E-state index in [1.54, 1.807) is 6.26 Å². The summed E-state index contributed by atoms with van der Waals surface area (Å²) in [6.45, 7) is 9.83. The molecule has 0 bridgehead atoms. The van der Waals surface area contributed by atoms with Gasteiger partial charge in [-0.2, -0.15) is 0 Å². The Morgan fingerprint density at radius 3 is 2.48 bits per heavy atom. The van der Waals surface area contributed by atoms with Crippen molar-refractivity contribution in [2.45, 2.75) is 46.6 Å². The Balaban J connectivity index is 2.22. The number of rotatable bonds is 7. The average Bonchev–Trinajstić information content (AvgIpc) is 2.98. The summed E-state index contributed by atoms with van der Waals surface area (Å²) in [5.41, 5.74) is 1.87. The summed E-state index contributed by atoms with van der Waals surface area (Å²) in [5, 5.41) is 10.6. The van der Waals surface area contributed by atoms with Gasteiger partial charge in [-0.05, 0) is 13.3 Å². The zero-order chi connectivity index (χ0) is 15.2. The van der Waals surface area contributed by atoms with E-state index in [9.17, 15) is 0 Å². The van der Waals surface area contributed by atoms with Crippen molar-refractivity contribution in [3.05, 3.63) is 29.4 Å². The molecule has 0 saturated heterocycles. The Labute approximate surface area is 125 Å². The number of nitrogens with one attached hydrogen (secondary N) is 2. The fourth-order valence-corrected chi connectivity index (χ4v) is 1.88. The molecule has 0 aliphatic heterocycles. The second-order valence-corrected chi connectivity index (χ2v) is 5.33. The quantitative estimate of drug-likeness (QED) is 0.814. The zero-order valence-electron chi connectivity index (χ0n) is 13.1. The Kier molecular flexibility index (Phi) is 5.14. The lowest BCUT2D eigenvalue weighted by Crippen LogP contribution is -2.12. The lowest BCUT2D eigenvalue weighted by molar-refractivity contribution is 0.412. The molecular weight excluding hydrogens is 266 g/mol. The summed E-state index contributed by atoms with van der Waals surface area (Å²) < 4.78 is 4.84. The number of hydrogen-bond acceptors (Lipinski definition) is 6. The van der Waals surface area contributed by atoms with Gasteiger partial charge in [0.2, 0.25) is 0 Å². The van der Waals surface area contributed by atoms with Crippen LogP contribution in [0.2, 0.25) is 0 Å². The highest BCUT2D eigenvalue weighted by Gasteiger charge is 2.13. The maximum absolute atomic E-state index is 4.84. The van der Waals surface area contributed by atoms with E-state index in [-0.39, 0.29) is 5.92 Å². The molecule has 6 heteroatoms. The van der Waals surface area contributed by atoms with Gasteiger partial charge in [0.15, 0.2) is 0 Å². The first-order valence-corrected chi connectivity index (χ1v) is 7.37. The second kappa shape index (κ2) is 7.06. The zero-order valence-corrected chi connectivity index (χ0v) is 13.1. The Morgan fingerprint density at radius 2 is 1.90 bits per heavy atom. The van der Waals surface area contributed by atoms with Crippen LogP contribution in [0, 0.1) is 6.92 Å². The average molecular weight is 289 g/mol. The van der Waals surface area contributed by atoms with Crippen LogP contribution < -0.4 is 10.6 Å². The van der Waals surface area contributed by atoms with Gasteiger partial charge >= 0.3 is 0 Å². The smallest absolute Gasteiger partial charge is 0.135 e. The van der Waals surface area contributed by atoms with E-state index in [1.165, 1.54) is 0 Å². The molecule has 0 unspecified atom stereocenters. The summed E-state index contributed by atoms with van der Waals surface area (Å²) >= 11 is 0. The molecule has 0 aromatic carbocycles. The predicted octanol–water partition coefficient (Wildman–Crippen LogP) is 3.33. The summed E-state index contributed by atoms with van der Waals surface area (Å²) in [4.78, 5) is 9.24. The van der Waals surface area contributed by atoms with Gasteiger partial charge in [0.1, 0.15) is 29.4 Å². The number of aromatic nitrogens is 3. The van der Waals surface area contributed by atoms with E-state index < -0.39 is 0 Å². The molecule has 2 N–H and O–H groups in total. The van der Waals surface area contributed by atoms with E-state index in [0.717, 1.165) is 41.7 Å². The van der Waals surface area contributed by atoms with Crippen LogP contribution in [-0.2, 0) is 6.54 Å². The van der Waals surface area contributed by atoms with Crippen LogP contribution in [-0.4, -0.2) is 21.7 Å². The fourth-order valence-electron chi connectivity index (χ4n) is 1.88. The molecular formula is C15H23N5O.